The van der Waals surface area contributed by atoms with E-state index < -0.39 is 6.17 Å². The van der Waals surface area contributed by atoms with E-state index in [4.69, 9.17) is 15.2 Å². The fraction of sp³-hybridized carbons (Fsp3) is 0.571. The molecule has 18 heavy (non-hydrogen) atoms. The standard InChI is InChI=1S/C14H22FNO2/c1-10(15)12-8-11(6-4-5-7-16)14(18-3)13(9-12)17-2/h8-10H,4-7,16H2,1-3H3. The molecule has 1 unspecified atom stereocenters. The summed E-state index contributed by atoms with van der Waals surface area (Å²) in [5.41, 5.74) is 7.08. The molecule has 0 fully saturated rings. The summed E-state index contributed by atoms with van der Waals surface area (Å²) in [7, 11) is 3.16. The van der Waals surface area contributed by atoms with Crippen LogP contribution in [0.15, 0.2) is 12.1 Å². The molecular weight excluding hydrogens is 233 g/mol. The first-order chi connectivity index (χ1) is 8.63. The molecule has 0 saturated heterocycles. The van der Waals surface area contributed by atoms with Crippen molar-refractivity contribution in [3.05, 3.63) is 23.3 Å². The fourth-order valence-corrected chi connectivity index (χ4v) is 1.94. The molecule has 0 heterocycles. The Morgan fingerprint density at radius 1 is 1.22 bits per heavy atom. The van der Waals surface area contributed by atoms with Crippen LogP contribution in [-0.4, -0.2) is 20.8 Å². The summed E-state index contributed by atoms with van der Waals surface area (Å²) in [6.45, 7) is 2.18. The lowest BCUT2D eigenvalue weighted by molar-refractivity contribution is 0.343. The van der Waals surface area contributed by atoms with Crippen molar-refractivity contribution in [3.8, 4) is 11.5 Å². The Morgan fingerprint density at radius 3 is 2.44 bits per heavy atom. The molecule has 0 bridgehead atoms. The van der Waals surface area contributed by atoms with E-state index in [2.05, 4.69) is 0 Å². The highest BCUT2D eigenvalue weighted by atomic mass is 19.1. The van der Waals surface area contributed by atoms with Gasteiger partial charge in [-0.2, -0.15) is 0 Å². The van der Waals surface area contributed by atoms with Gasteiger partial charge in [0, 0.05) is 0 Å². The fourth-order valence-electron chi connectivity index (χ4n) is 1.94. The number of methoxy groups -OCH3 is 2. The SMILES string of the molecule is COc1cc(C(C)F)cc(CCCCN)c1OC. The topological polar surface area (TPSA) is 44.5 Å². The second kappa shape index (κ2) is 7.21. The van der Waals surface area contributed by atoms with E-state index in [1.807, 2.05) is 6.07 Å². The number of aryl methyl sites for hydroxylation is 1. The van der Waals surface area contributed by atoms with Crippen LogP contribution in [0.2, 0.25) is 0 Å². The van der Waals surface area contributed by atoms with Gasteiger partial charge in [0.15, 0.2) is 11.5 Å². The molecule has 0 radical (unpaired) electrons. The third-order valence-corrected chi connectivity index (χ3v) is 2.94. The third-order valence-electron chi connectivity index (χ3n) is 2.94. The average molecular weight is 255 g/mol. The zero-order valence-corrected chi connectivity index (χ0v) is 11.3. The smallest absolute Gasteiger partial charge is 0.163 e. The minimum Gasteiger partial charge on any atom is -0.493 e. The van der Waals surface area contributed by atoms with E-state index in [1.165, 1.54) is 6.92 Å². The maximum absolute atomic E-state index is 13.4. The lowest BCUT2D eigenvalue weighted by Crippen LogP contribution is -2.02. The molecule has 0 aliphatic heterocycles. The first kappa shape index (κ1) is 14.8. The second-order valence-electron chi connectivity index (χ2n) is 4.28. The highest BCUT2D eigenvalue weighted by Crippen LogP contribution is 2.36. The van der Waals surface area contributed by atoms with Crippen molar-refractivity contribution in [2.45, 2.75) is 32.4 Å². The van der Waals surface area contributed by atoms with Crippen LogP contribution in [-0.2, 0) is 6.42 Å². The summed E-state index contributed by atoms with van der Waals surface area (Å²) in [5, 5.41) is 0. The molecule has 0 aliphatic carbocycles. The lowest BCUT2D eigenvalue weighted by Gasteiger charge is -2.15. The Morgan fingerprint density at radius 2 is 1.94 bits per heavy atom. The maximum atomic E-state index is 13.4. The van der Waals surface area contributed by atoms with Crippen molar-refractivity contribution in [2.24, 2.45) is 5.73 Å². The number of unbranched alkanes of at least 4 members (excludes halogenated alkanes) is 1. The van der Waals surface area contributed by atoms with Gasteiger partial charge in [0.25, 0.3) is 0 Å². The van der Waals surface area contributed by atoms with E-state index in [-0.39, 0.29) is 0 Å². The summed E-state index contributed by atoms with van der Waals surface area (Å²) in [6.07, 6.45) is 1.70. The first-order valence-electron chi connectivity index (χ1n) is 6.23. The molecule has 0 amide bonds. The molecule has 1 aromatic rings. The summed E-state index contributed by atoms with van der Waals surface area (Å²) in [5.74, 6) is 1.28. The van der Waals surface area contributed by atoms with E-state index in [0.717, 1.165) is 24.8 Å². The van der Waals surface area contributed by atoms with Crippen LogP contribution >= 0.6 is 0 Å². The molecular formula is C14H22FNO2. The molecule has 0 aromatic heterocycles. The summed E-state index contributed by atoms with van der Waals surface area (Å²) < 4.78 is 24.0. The Kier molecular flexibility index (Phi) is 5.92. The van der Waals surface area contributed by atoms with Crippen LogP contribution in [0.5, 0.6) is 11.5 Å². The predicted molar refractivity (Wildman–Crippen MR) is 71.1 cm³/mol. The van der Waals surface area contributed by atoms with Crippen LogP contribution in [0.25, 0.3) is 0 Å². The molecule has 0 saturated carbocycles. The van der Waals surface area contributed by atoms with E-state index in [1.54, 1.807) is 20.3 Å². The average Bonchev–Trinajstić information content (AvgIpc) is 2.37. The quantitative estimate of drug-likeness (QED) is 0.762. The number of rotatable bonds is 7. The van der Waals surface area contributed by atoms with Crippen molar-refractivity contribution in [1.29, 1.82) is 0 Å². The number of nitrogens with two attached hydrogens (primary N) is 1. The summed E-state index contributed by atoms with van der Waals surface area (Å²) in [4.78, 5) is 0. The van der Waals surface area contributed by atoms with Crippen LogP contribution in [0.4, 0.5) is 4.39 Å². The highest BCUT2D eigenvalue weighted by molar-refractivity contribution is 5.50. The molecule has 0 aliphatic rings. The van der Waals surface area contributed by atoms with Gasteiger partial charge in [-0.25, -0.2) is 4.39 Å². The zero-order chi connectivity index (χ0) is 13.5. The van der Waals surface area contributed by atoms with Gasteiger partial charge in [-0.15, -0.1) is 0 Å². The first-order valence-corrected chi connectivity index (χ1v) is 6.23. The van der Waals surface area contributed by atoms with Gasteiger partial charge in [0.1, 0.15) is 6.17 Å². The van der Waals surface area contributed by atoms with Crippen molar-refractivity contribution in [3.63, 3.8) is 0 Å². The van der Waals surface area contributed by atoms with Gasteiger partial charge in [0.2, 0.25) is 0 Å². The normalized spacial score (nSPS) is 12.3. The van der Waals surface area contributed by atoms with Crippen LogP contribution in [0.3, 0.4) is 0 Å². The molecule has 3 nitrogen and oxygen atoms in total. The van der Waals surface area contributed by atoms with E-state index >= 15 is 0 Å². The maximum Gasteiger partial charge on any atom is 0.163 e. The summed E-state index contributed by atoms with van der Waals surface area (Å²) >= 11 is 0. The van der Waals surface area contributed by atoms with E-state index in [9.17, 15) is 4.39 Å². The second-order valence-corrected chi connectivity index (χ2v) is 4.28. The van der Waals surface area contributed by atoms with Crippen molar-refractivity contribution in [1.82, 2.24) is 0 Å². The number of benzene rings is 1. The lowest BCUT2D eigenvalue weighted by atomic mass is 10.0. The number of hydrogen-bond donors (Lipinski definition) is 1. The van der Waals surface area contributed by atoms with Crippen LogP contribution < -0.4 is 15.2 Å². The van der Waals surface area contributed by atoms with Crippen molar-refractivity contribution in [2.75, 3.05) is 20.8 Å². The van der Waals surface area contributed by atoms with Gasteiger partial charge in [-0.1, -0.05) is 0 Å². The summed E-state index contributed by atoms with van der Waals surface area (Å²) in [6, 6.07) is 3.54. The Labute approximate surface area is 108 Å². The highest BCUT2D eigenvalue weighted by Gasteiger charge is 2.14. The molecule has 102 valence electrons. The van der Waals surface area contributed by atoms with Crippen LogP contribution in [0, 0.1) is 0 Å². The van der Waals surface area contributed by atoms with Gasteiger partial charge in [-0.05, 0) is 56.0 Å². The minimum atomic E-state index is -1.02. The van der Waals surface area contributed by atoms with Crippen molar-refractivity contribution >= 4 is 0 Å². The molecule has 2 N–H and O–H groups in total. The molecule has 4 heteroatoms. The molecule has 0 spiro atoms. The number of halogens is 1. The van der Waals surface area contributed by atoms with Crippen molar-refractivity contribution < 1.29 is 13.9 Å². The van der Waals surface area contributed by atoms with E-state index in [0.29, 0.717) is 23.6 Å². The Hall–Kier alpha value is -1.29. The van der Waals surface area contributed by atoms with Gasteiger partial charge < -0.3 is 15.2 Å². The number of alkyl halides is 1. The Bertz CT molecular complexity index is 380. The predicted octanol–water partition coefficient (Wildman–Crippen LogP) is 3.02. The minimum absolute atomic E-state index is 0.585. The number of ether oxygens (including phenoxy) is 2. The van der Waals surface area contributed by atoms with Gasteiger partial charge >= 0.3 is 0 Å². The van der Waals surface area contributed by atoms with Gasteiger partial charge in [0.05, 0.1) is 14.2 Å². The number of hydrogen-bond acceptors (Lipinski definition) is 3. The largest absolute Gasteiger partial charge is 0.493 e. The van der Waals surface area contributed by atoms with Gasteiger partial charge in [-0.3, -0.25) is 0 Å². The van der Waals surface area contributed by atoms with Crippen LogP contribution in [0.1, 0.15) is 37.1 Å². The zero-order valence-electron chi connectivity index (χ0n) is 11.3. The molecule has 1 aromatic carbocycles. The molecule has 1 atom stereocenters. The third kappa shape index (κ3) is 3.60. The molecule has 1 rings (SSSR count). The Balaban J connectivity index is 3.06. The monoisotopic (exact) mass is 255 g/mol.